The van der Waals surface area contributed by atoms with E-state index in [0.717, 1.165) is 21.2 Å². The second-order valence-corrected chi connectivity index (χ2v) is 10.1. The molecule has 0 unspecified atom stereocenters. The zero-order valence-electron chi connectivity index (χ0n) is 19.6. The molecule has 0 saturated carbocycles. The van der Waals surface area contributed by atoms with Crippen LogP contribution in [-0.4, -0.2) is 34.9 Å². The second-order valence-electron chi connectivity index (χ2n) is 8.94. The molecule has 2 rings (SSSR count). The van der Waals surface area contributed by atoms with Crippen LogP contribution in [0.4, 0.5) is 0 Å². The normalized spacial score (nSPS) is 12.2. The molecule has 0 spiro atoms. The van der Waals surface area contributed by atoms with E-state index in [1.807, 2.05) is 71.9 Å². The van der Waals surface area contributed by atoms with Crippen molar-refractivity contribution in [3.05, 3.63) is 62.6 Å². The van der Waals surface area contributed by atoms with E-state index < -0.39 is 11.6 Å². The molecule has 0 aromatic heterocycles. The zero-order valence-corrected chi connectivity index (χ0v) is 21.9. The van der Waals surface area contributed by atoms with E-state index in [2.05, 4.69) is 21.2 Å². The predicted molar refractivity (Wildman–Crippen MR) is 133 cm³/mol. The number of aryl methyl sites for hydroxylation is 2. The molecule has 0 aliphatic carbocycles. The van der Waals surface area contributed by atoms with Gasteiger partial charge in [-0.25, -0.2) is 0 Å². The van der Waals surface area contributed by atoms with Crippen molar-refractivity contribution >= 4 is 39.3 Å². The number of halogens is 2. The van der Waals surface area contributed by atoms with Gasteiger partial charge >= 0.3 is 0 Å². The average molecular weight is 524 g/mol. The van der Waals surface area contributed by atoms with Gasteiger partial charge in [0, 0.05) is 21.6 Å². The first kappa shape index (κ1) is 26.2. The SMILES string of the molecule is CC[C@@H](C(=O)NC(C)(C)C)N(Cc1ccccc1Cl)C(=O)COc1cc(C)c(Br)c(C)c1. The minimum absolute atomic E-state index is 0.176. The van der Waals surface area contributed by atoms with Gasteiger partial charge in [0.1, 0.15) is 11.8 Å². The van der Waals surface area contributed by atoms with Crippen LogP contribution in [0.1, 0.15) is 50.8 Å². The Morgan fingerprint density at radius 2 is 1.75 bits per heavy atom. The Balaban J connectivity index is 2.28. The van der Waals surface area contributed by atoms with E-state index >= 15 is 0 Å². The van der Waals surface area contributed by atoms with Crippen molar-refractivity contribution in [3.8, 4) is 5.75 Å². The highest BCUT2D eigenvalue weighted by Gasteiger charge is 2.31. The first-order valence-corrected chi connectivity index (χ1v) is 11.8. The highest BCUT2D eigenvalue weighted by atomic mass is 79.9. The number of benzene rings is 2. The van der Waals surface area contributed by atoms with Crippen LogP contribution in [0.3, 0.4) is 0 Å². The maximum absolute atomic E-state index is 13.3. The van der Waals surface area contributed by atoms with Crippen LogP contribution in [0.25, 0.3) is 0 Å². The van der Waals surface area contributed by atoms with Crippen molar-refractivity contribution in [1.82, 2.24) is 10.2 Å². The molecular formula is C25H32BrClN2O3. The summed E-state index contributed by atoms with van der Waals surface area (Å²) in [6.07, 6.45) is 0.467. The number of hydrogen-bond acceptors (Lipinski definition) is 3. The Hall–Kier alpha value is -2.05. The first-order chi connectivity index (χ1) is 14.9. The van der Waals surface area contributed by atoms with Crippen molar-refractivity contribution in [2.75, 3.05) is 6.61 Å². The second kappa shape index (κ2) is 11.2. The Morgan fingerprint density at radius 1 is 1.16 bits per heavy atom. The summed E-state index contributed by atoms with van der Waals surface area (Å²) in [5.41, 5.74) is 2.42. The number of amides is 2. The molecule has 5 nitrogen and oxygen atoms in total. The summed E-state index contributed by atoms with van der Waals surface area (Å²) in [5.74, 6) is 0.135. The van der Waals surface area contributed by atoms with Crippen LogP contribution in [0, 0.1) is 13.8 Å². The van der Waals surface area contributed by atoms with Gasteiger partial charge in [0.05, 0.1) is 0 Å². The average Bonchev–Trinajstić information content (AvgIpc) is 2.70. The maximum atomic E-state index is 13.3. The van der Waals surface area contributed by atoms with E-state index in [1.165, 1.54) is 0 Å². The van der Waals surface area contributed by atoms with Crippen molar-refractivity contribution in [1.29, 1.82) is 0 Å². The molecule has 0 radical (unpaired) electrons. The maximum Gasteiger partial charge on any atom is 0.261 e. The number of carbonyl (C=O) groups is 2. The fourth-order valence-corrected chi connectivity index (χ4v) is 3.82. The van der Waals surface area contributed by atoms with Gasteiger partial charge < -0.3 is 15.0 Å². The molecule has 7 heteroatoms. The zero-order chi connectivity index (χ0) is 24.1. The third kappa shape index (κ3) is 7.24. The van der Waals surface area contributed by atoms with Gasteiger partial charge in [-0.3, -0.25) is 9.59 Å². The van der Waals surface area contributed by atoms with Crippen LogP contribution in [0.2, 0.25) is 5.02 Å². The molecular weight excluding hydrogens is 492 g/mol. The minimum Gasteiger partial charge on any atom is -0.484 e. The number of ether oxygens (including phenoxy) is 1. The van der Waals surface area contributed by atoms with E-state index in [-0.39, 0.29) is 25.0 Å². The minimum atomic E-state index is -0.644. The van der Waals surface area contributed by atoms with Crippen molar-refractivity contribution in [2.24, 2.45) is 0 Å². The molecule has 0 bridgehead atoms. The Labute approximate surface area is 204 Å². The Bertz CT molecular complexity index is 949. The lowest BCUT2D eigenvalue weighted by atomic mass is 10.1. The lowest BCUT2D eigenvalue weighted by molar-refractivity contribution is -0.143. The third-order valence-electron chi connectivity index (χ3n) is 4.95. The molecule has 1 atom stereocenters. The van der Waals surface area contributed by atoms with E-state index in [1.54, 1.807) is 11.0 Å². The Kier molecular flexibility index (Phi) is 9.17. The van der Waals surface area contributed by atoms with E-state index in [4.69, 9.17) is 16.3 Å². The summed E-state index contributed by atoms with van der Waals surface area (Å²) >= 11 is 9.90. The van der Waals surface area contributed by atoms with Gasteiger partial charge in [-0.05, 0) is 75.9 Å². The highest BCUT2D eigenvalue weighted by molar-refractivity contribution is 9.10. The molecule has 2 aromatic rings. The summed E-state index contributed by atoms with van der Waals surface area (Å²) < 4.78 is 6.85. The molecule has 2 aromatic carbocycles. The van der Waals surface area contributed by atoms with Crippen molar-refractivity contribution < 1.29 is 14.3 Å². The number of hydrogen-bond donors (Lipinski definition) is 1. The van der Waals surface area contributed by atoms with E-state index in [9.17, 15) is 9.59 Å². The van der Waals surface area contributed by atoms with Gasteiger partial charge in [0.15, 0.2) is 6.61 Å². The largest absolute Gasteiger partial charge is 0.484 e. The van der Waals surface area contributed by atoms with E-state index in [0.29, 0.717) is 17.2 Å². The molecule has 174 valence electrons. The van der Waals surface area contributed by atoms with Gasteiger partial charge in [-0.15, -0.1) is 0 Å². The molecule has 0 heterocycles. The standard InChI is InChI=1S/C25H32BrClN2O3/c1-7-21(24(31)28-25(4,5)6)29(14-18-10-8-9-11-20(18)27)22(30)15-32-19-12-16(2)23(26)17(3)13-19/h8-13,21H,7,14-15H2,1-6H3,(H,28,31)/t21-/m0/s1. The monoisotopic (exact) mass is 522 g/mol. The van der Waals surface area contributed by atoms with Crippen LogP contribution >= 0.6 is 27.5 Å². The first-order valence-electron chi connectivity index (χ1n) is 10.7. The molecule has 1 N–H and O–H groups in total. The summed E-state index contributed by atoms with van der Waals surface area (Å²) in [6.45, 7) is 11.6. The van der Waals surface area contributed by atoms with Crippen molar-refractivity contribution in [2.45, 2.75) is 66.1 Å². The topological polar surface area (TPSA) is 58.6 Å². The quantitative estimate of drug-likeness (QED) is 0.474. The molecule has 0 saturated heterocycles. The fraction of sp³-hybridized carbons (Fsp3) is 0.440. The van der Waals surface area contributed by atoms with Crippen LogP contribution in [0.5, 0.6) is 5.75 Å². The number of rotatable bonds is 8. The summed E-state index contributed by atoms with van der Waals surface area (Å²) in [4.78, 5) is 27.9. The molecule has 0 aliphatic rings. The van der Waals surface area contributed by atoms with Gasteiger partial charge in [0.2, 0.25) is 5.91 Å². The number of nitrogens with zero attached hydrogens (tertiary/aromatic N) is 1. The third-order valence-corrected chi connectivity index (χ3v) is 6.57. The smallest absolute Gasteiger partial charge is 0.261 e. The highest BCUT2D eigenvalue weighted by Crippen LogP contribution is 2.26. The Morgan fingerprint density at radius 3 is 2.28 bits per heavy atom. The van der Waals surface area contributed by atoms with Crippen molar-refractivity contribution in [3.63, 3.8) is 0 Å². The lowest BCUT2D eigenvalue weighted by Gasteiger charge is -2.33. The number of nitrogens with one attached hydrogen (secondary N) is 1. The van der Waals surface area contributed by atoms with Crippen LogP contribution < -0.4 is 10.1 Å². The molecule has 0 fully saturated rings. The molecule has 2 amide bonds. The number of carbonyl (C=O) groups excluding carboxylic acids is 2. The van der Waals surface area contributed by atoms with Crippen LogP contribution in [0.15, 0.2) is 40.9 Å². The van der Waals surface area contributed by atoms with Gasteiger partial charge in [0.25, 0.3) is 5.91 Å². The molecule has 0 aliphatic heterocycles. The summed E-state index contributed by atoms with van der Waals surface area (Å²) in [7, 11) is 0. The van der Waals surface area contributed by atoms with Gasteiger partial charge in [-0.2, -0.15) is 0 Å². The predicted octanol–water partition coefficient (Wildman–Crippen LogP) is 5.82. The molecule has 32 heavy (non-hydrogen) atoms. The van der Waals surface area contributed by atoms with Crippen LogP contribution in [-0.2, 0) is 16.1 Å². The summed E-state index contributed by atoms with van der Waals surface area (Å²) in [5, 5.41) is 3.54. The fourth-order valence-electron chi connectivity index (χ4n) is 3.40. The lowest BCUT2D eigenvalue weighted by Crippen LogP contribution is -2.54. The summed E-state index contributed by atoms with van der Waals surface area (Å²) in [6, 6.07) is 10.5. The van der Waals surface area contributed by atoms with Gasteiger partial charge in [-0.1, -0.05) is 52.7 Å².